The third kappa shape index (κ3) is 5.64. The van der Waals surface area contributed by atoms with Crippen molar-refractivity contribution in [3.63, 3.8) is 0 Å². The Bertz CT molecular complexity index is 1250. The molecule has 0 saturated carbocycles. The summed E-state index contributed by atoms with van der Waals surface area (Å²) < 4.78 is 38.8. The van der Waals surface area contributed by atoms with Crippen LogP contribution in [0.1, 0.15) is 27.0 Å². The number of amides is 1. The lowest BCUT2D eigenvalue weighted by atomic mass is 10.1. The molecule has 3 aromatic rings. The molecule has 8 heteroatoms. The van der Waals surface area contributed by atoms with Crippen molar-refractivity contribution in [1.29, 1.82) is 0 Å². The van der Waals surface area contributed by atoms with Crippen LogP contribution in [0.3, 0.4) is 0 Å². The average Bonchev–Trinajstić information content (AvgIpc) is 2.80. The van der Waals surface area contributed by atoms with Crippen molar-refractivity contribution in [2.24, 2.45) is 0 Å². The quantitative estimate of drug-likeness (QED) is 0.530. The molecule has 1 N–H and O–H groups in total. The molecule has 0 radical (unpaired) electrons. The van der Waals surface area contributed by atoms with Gasteiger partial charge < -0.3 is 14.4 Å². The molecule has 0 aromatic heterocycles. The first-order valence-corrected chi connectivity index (χ1v) is 11.8. The standard InChI is InChI=1S/C25H28N2O5S/c1-17-6-11-21(12-7-17)33(29,30)26-22-15-20(10-8-18(22)2)25(28)27(3)16-19-9-13-23(31-4)24(14-19)32-5/h6-15,26H,16H2,1-5H3. The summed E-state index contributed by atoms with van der Waals surface area (Å²) in [4.78, 5) is 14.8. The second-order valence-electron chi connectivity index (χ2n) is 7.80. The maximum absolute atomic E-state index is 13.1. The molecule has 0 atom stereocenters. The lowest BCUT2D eigenvalue weighted by Crippen LogP contribution is -2.26. The maximum atomic E-state index is 13.1. The molecule has 0 aliphatic rings. The molecule has 1 amide bonds. The van der Waals surface area contributed by atoms with Crippen molar-refractivity contribution in [2.45, 2.75) is 25.3 Å². The van der Waals surface area contributed by atoms with Gasteiger partial charge in [-0.3, -0.25) is 9.52 Å². The van der Waals surface area contributed by atoms with Gasteiger partial charge in [0.1, 0.15) is 0 Å². The number of ether oxygens (including phenoxy) is 2. The Morgan fingerprint density at radius 2 is 1.58 bits per heavy atom. The van der Waals surface area contributed by atoms with Gasteiger partial charge in [0, 0.05) is 19.2 Å². The molecule has 33 heavy (non-hydrogen) atoms. The molecular weight excluding hydrogens is 440 g/mol. The predicted molar refractivity (Wildman–Crippen MR) is 129 cm³/mol. The number of aryl methyl sites for hydroxylation is 2. The molecule has 0 saturated heterocycles. The van der Waals surface area contributed by atoms with E-state index in [4.69, 9.17) is 9.47 Å². The molecule has 0 aliphatic heterocycles. The van der Waals surface area contributed by atoms with Crippen LogP contribution < -0.4 is 14.2 Å². The minimum absolute atomic E-state index is 0.162. The second-order valence-corrected chi connectivity index (χ2v) is 9.48. The lowest BCUT2D eigenvalue weighted by molar-refractivity contribution is 0.0785. The highest BCUT2D eigenvalue weighted by atomic mass is 32.2. The third-order valence-corrected chi connectivity index (χ3v) is 6.66. The van der Waals surface area contributed by atoms with Crippen molar-refractivity contribution in [1.82, 2.24) is 4.90 Å². The number of carbonyl (C=O) groups is 1. The topological polar surface area (TPSA) is 84.9 Å². The van der Waals surface area contributed by atoms with Gasteiger partial charge in [0.15, 0.2) is 11.5 Å². The highest BCUT2D eigenvalue weighted by Crippen LogP contribution is 2.28. The van der Waals surface area contributed by atoms with Crippen LogP contribution in [-0.4, -0.2) is 40.5 Å². The summed E-state index contributed by atoms with van der Waals surface area (Å²) in [5, 5.41) is 0. The Balaban J connectivity index is 1.80. The van der Waals surface area contributed by atoms with Crippen LogP contribution in [0.5, 0.6) is 11.5 Å². The molecule has 7 nitrogen and oxygen atoms in total. The molecule has 0 bridgehead atoms. The van der Waals surface area contributed by atoms with Gasteiger partial charge in [0.25, 0.3) is 15.9 Å². The van der Waals surface area contributed by atoms with E-state index in [9.17, 15) is 13.2 Å². The fourth-order valence-corrected chi connectivity index (χ4v) is 4.45. The number of anilines is 1. The summed E-state index contributed by atoms with van der Waals surface area (Å²) in [6.45, 7) is 4.02. The van der Waals surface area contributed by atoms with Gasteiger partial charge >= 0.3 is 0 Å². The molecule has 0 aliphatic carbocycles. The van der Waals surface area contributed by atoms with Crippen molar-refractivity contribution in [3.05, 3.63) is 82.9 Å². The van der Waals surface area contributed by atoms with Gasteiger partial charge in [-0.2, -0.15) is 0 Å². The van der Waals surface area contributed by atoms with Crippen molar-refractivity contribution in [3.8, 4) is 11.5 Å². The van der Waals surface area contributed by atoms with Gasteiger partial charge in [-0.15, -0.1) is 0 Å². The van der Waals surface area contributed by atoms with Gasteiger partial charge in [0.05, 0.1) is 24.8 Å². The van der Waals surface area contributed by atoms with E-state index in [2.05, 4.69) is 4.72 Å². The van der Waals surface area contributed by atoms with E-state index in [1.807, 2.05) is 19.1 Å². The summed E-state index contributed by atoms with van der Waals surface area (Å²) in [7, 11) is 1.03. The number of carbonyl (C=O) groups excluding carboxylic acids is 1. The molecule has 174 valence electrons. The molecule has 0 unspecified atom stereocenters. The Hall–Kier alpha value is -3.52. The van der Waals surface area contributed by atoms with Crippen molar-refractivity contribution in [2.75, 3.05) is 26.0 Å². The van der Waals surface area contributed by atoms with Gasteiger partial charge in [-0.05, 0) is 61.4 Å². The zero-order valence-electron chi connectivity index (χ0n) is 19.4. The van der Waals surface area contributed by atoms with E-state index in [0.717, 1.165) is 11.1 Å². The van der Waals surface area contributed by atoms with E-state index < -0.39 is 10.0 Å². The van der Waals surface area contributed by atoms with Crippen LogP contribution in [-0.2, 0) is 16.6 Å². The summed E-state index contributed by atoms with van der Waals surface area (Å²) in [6, 6.07) is 17.0. The molecule has 3 aromatic carbocycles. The van der Waals surface area contributed by atoms with Crippen LogP contribution in [0, 0.1) is 13.8 Å². The maximum Gasteiger partial charge on any atom is 0.261 e. The van der Waals surface area contributed by atoms with E-state index in [0.29, 0.717) is 34.9 Å². The first kappa shape index (κ1) is 24.1. The summed E-state index contributed by atoms with van der Waals surface area (Å²) >= 11 is 0. The Kier molecular flexibility index (Phi) is 7.28. The van der Waals surface area contributed by atoms with Crippen molar-refractivity contribution >= 4 is 21.6 Å². The number of methoxy groups -OCH3 is 2. The number of sulfonamides is 1. The zero-order valence-corrected chi connectivity index (χ0v) is 20.2. The number of hydrogen-bond acceptors (Lipinski definition) is 5. The van der Waals surface area contributed by atoms with E-state index in [1.54, 1.807) is 81.6 Å². The molecule has 0 spiro atoms. The molecule has 0 fully saturated rings. The summed E-state index contributed by atoms with van der Waals surface area (Å²) in [5.74, 6) is 0.957. The highest BCUT2D eigenvalue weighted by Gasteiger charge is 2.18. The first-order chi connectivity index (χ1) is 15.6. The van der Waals surface area contributed by atoms with Gasteiger partial charge in [0.2, 0.25) is 0 Å². The Morgan fingerprint density at radius 1 is 0.909 bits per heavy atom. The fourth-order valence-electron chi connectivity index (χ4n) is 3.33. The lowest BCUT2D eigenvalue weighted by Gasteiger charge is -2.19. The number of rotatable bonds is 8. The van der Waals surface area contributed by atoms with Crippen molar-refractivity contribution < 1.29 is 22.7 Å². The SMILES string of the molecule is COc1ccc(CN(C)C(=O)c2ccc(C)c(NS(=O)(=O)c3ccc(C)cc3)c2)cc1OC. The third-order valence-electron chi connectivity index (χ3n) is 5.27. The van der Waals surface area contributed by atoms with Crippen LogP contribution >= 0.6 is 0 Å². The van der Waals surface area contributed by atoms with Gasteiger partial charge in [-0.1, -0.05) is 29.8 Å². The fraction of sp³-hybridized carbons (Fsp3) is 0.240. The number of nitrogens with zero attached hydrogens (tertiary/aromatic N) is 1. The molecular formula is C25H28N2O5S. The monoisotopic (exact) mass is 468 g/mol. The molecule has 3 rings (SSSR count). The second kappa shape index (κ2) is 9.95. The average molecular weight is 469 g/mol. The van der Waals surface area contributed by atoms with Gasteiger partial charge in [-0.25, -0.2) is 8.42 Å². The van der Waals surface area contributed by atoms with Crippen LogP contribution in [0.4, 0.5) is 5.69 Å². The number of benzene rings is 3. The number of hydrogen-bond donors (Lipinski definition) is 1. The number of nitrogens with one attached hydrogen (secondary N) is 1. The minimum Gasteiger partial charge on any atom is -0.493 e. The van der Waals surface area contributed by atoms with Crippen LogP contribution in [0.2, 0.25) is 0 Å². The Labute approximate surface area is 195 Å². The van der Waals surface area contributed by atoms with E-state index >= 15 is 0 Å². The minimum atomic E-state index is -3.78. The summed E-state index contributed by atoms with van der Waals surface area (Å²) in [6.07, 6.45) is 0. The largest absolute Gasteiger partial charge is 0.493 e. The summed E-state index contributed by atoms with van der Waals surface area (Å²) in [5.41, 5.74) is 3.29. The van der Waals surface area contributed by atoms with E-state index in [-0.39, 0.29) is 10.8 Å². The first-order valence-electron chi connectivity index (χ1n) is 10.3. The molecule has 0 heterocycles. The Morgan fingerprint density at radius 3 is 2.21 bits per heavy atom. The highest BCUT2D eigenvalue weighted by molar-refractivity contribution is 7.92. The van der Waals surface area contributed by atoms with Crippen LogP contribution in [0.25, 0.3) is 0 Å². The predicted octanol–water partition coefficient (Wildman–Crippen LogP) is 4.39. The van der Waals surface area contributed by atoms with Crippen LogP contribution in [0.15, 0.2) is 65.6 Å². The van der Waals surface area contributed by atoms with E-state index in [1.165, 1.54) is 0 Å². The normalized spacial score (nSPS) is 11.1. The zero-order chi connectivity index (χ0) is 24.2. The smallest absolute Gasteiger partial charge is 0.261 e.